The third-order valence-electron chi connectivity index (χ3n) is 3.15. The first-order valence-electron chi connectivity index (χ1n) is 7.31. The van der Waals surface area contributed by atoms with Crippen molar-refractivity contribution in [2.24, 2.45) is 0 Å². The smallest absolute Gasteiger partial charge is 0.321 e. The summed E-state index contributed by atoms with van der Waals surface area (Å²) in [6.45, 7) is 0.380. The summed E-state index contributed by atoms with van der Waals surface area (Å²) in [6.07, 6.45) is 0. The number of thioether (sulfide) groups is 1. The number of para-hydroxylation sites is 1. The van der Waals surface area contributed by atoms with Crippen LogP contribution in [0.1, 0.15) is 5.56 Å². The maximum absolute atomic E-state index is 11.8. The standard InChI is InChI=1S/C17H15N3O2S2/c21-15(20-16(22)18-10-12-6-2-1-3-7-12)11-23-17-19-13-8-4-5-9-14(13)24-17/h1-9H,10-11H2,(H2,18,20,21,22). The lowest BCUT2D eigenvalue weighted by molar-refractivity contribution is -0.117. The fourth-order valence-electron chi connectivity index (χ4n) is 2.03. The number of thiazole rings is 1. The van der Waals surface area contributed by atoms with Gasteiger partial charge in [-0.25, -0.2) is 9.78 Å². The first-order chi connectivity index (χ1) is 11.7. The summed E-state index contributed by atoms with van der Waals surface area (Å²) in [4.78, 5) is 28.0. The van der Waals surface area contributed by atoms with Crippen molar-refractivity contribution in [3.05, 3.63) is 60.2 Å². The Bertz CT molecular complexity index is 816. The number of imide groups is 1. The number of aromatic nitrogens is 1. The second kappa shape index (κ2) is 7.94. The molecule has 2 N–H and O–H groups in total. The lowest BCUT2D eigenvalue weighted by Gasteiger charge is -2.06. The van der Waals surface area contributed by atoms with Crippen molar-refractivity contribution >= 4 is 45.3 Å². The molecule has 3 amide bonds. The molecule has 0 fully saturated rings. The number of hydrogen-bond donors (Lipinski definition) is 2. The summed E-state index contributed by atoms with van der Waals surface area (Å²) in [5, 5.41) is 4.98. The minimum atomic E-state index is -0.492. The van der Waals surface area contributed by atoms with E-state index in [2.05, 4.69) is 15.6 Å². The van der Waals surface area contributed by atoms with Gasteiger partial charge in [-0.3, -0.25) is 10.1 Å². The van der Waals surface area contributed by atoms with Crippen molar-refractivity contribution < 1.29 is 9.59 Å². The zero-order valence-corrected chi connectivity index (χ0v) is 14.3. The summed E-state index contributed by atoms with van der Waals surface area (Å²) in [7, 11) is 0. The Morgan fingerprint density at radius 1 is 1.04 bits per heavy atom. The van der Waals surface area contributed by atoms with Gasteiger partial charge >= 0.3 is 6.03 Å². The monoisotopic (exact) mass is 357 g/mol. The summed E-state index contributed by atoms with van der Waals surface area (Å²) in [5.41, 5.74) is 1.90. The van der Waals surface area contributed by atoms with Crippen LogP contribution < -0.4 is 10.6 Å². The molecule has 0 saturated carbocycles. The molecule has 0 aliphatic heterocycles. The van der Waals surface area contributed by atoms with Crippen LogP contribution in [0.4, 0.5) is 4.79 Å². The van der Waals surface area contributed by atoms with Gasteiger partial charge in [-0.1, -0.05) is 54.2 Å². The zero-order chi connectivity index (χ0) is 16.8. The highest BCUT2D eigenvalue weighted by Crippen LogP contribution is 2.28. The molecule has 7 heteroatoms. The van der Waals surface area contributed by atoms with Crippen LogP contribution in [0.15, 0.2) is 58.9 Å². The predicted molar refractivity (Wildman–Crippen MR) is 97.2 cm³/mol. The molecule has 0 radical (unpaired) electrons. The van der Waals surface area contributed by atoms with Crippen LogP contribution in [-0.4, -0.2) is 22.7 Å². The number of nitrogens with zero attached hydrogens (tertiary/aromatic N) is 1. The van der Waals surface area contributed by atoms with Gasteiger partial charge in [0.1, 0.15) is 0 Å². The van der Waals surface area contributed by atoms with E-state index in [1.807, 2.05) is 54.6 Å². The Labute approximate surface area is 147 Å². The van der Waals surface area contributed by atoms with E-state index in [1.54, 1.807) is 0 Å². The Kier molecular flexibility index (Phi) is 5.45. The van der Waals surface area contributed by atoms with Crippen LogP contribution in [0.25, 0.3) is 10.2 Å². The zero-order valence-electron chi connectivity index (χ0n) is 12.7. The van der Waals surface area contributed by atoms with Gasteiger partial charge in [-0.05, 0) is 17.7 Å². The number of fused-ring (bicyclic) bond motifs is 1. The molecule has 0 unspecified atom stereocenters. The van der Waals surface area contributed by atoms with E-state index in [4.69, 9.17) is 0 Å². The highest BCUT2D eigenvalue weighted by Gasteiger charge is 2.10. The molecule has 3 rings (SSSR count). The van der Waals surface area contributed by atoms with E-state index in [0.29, 0.717) is 6.54 Å². The average molecular weight is 357 g/mol. The number of rotatable bonds is 5. The van der Waals surface area contributed by atoms with Gasteiger partial charge in [-0.15, -0.1) is 11.3 Å². The van der Waals surface area contributed by atoms with Crippen molar-refractivity contribution in [1.82, 2.24) is 15.6 Å². The maximum atomic E-state index is 11.8. The number of carbonyl (C=O) groups is 2. The largest absolute Gasteiger partial charge is 0.334 e. The van der Waals surface area contributed by atoms with Gasteiger partial charge in [0.25, 0.3) is 0 Å². The van der Waals surface area contributed by atoms with Crippen molar-refractivity contribution in [2.75, 3.05) is 5.75 Å². The number of nitrogens with one attached hydrogen (secondary N) is 2. The Morgan fingerprint density at radius 2 is 1.79 bits per heavy atom. The molecular weight excluding hydrogens is 342 g/mol. The molecule has 0 atom stereocenters. The summed E-state index contributed by atoms with van der Waals surface area (Å²) < 4.78 is 1.90. The van der Waals surface area contributed by atoms with Crippen molar-refractivity contribution in [3.63, 3.8) is 0 Å². The fraction of sp³-hybridized carbons (Fsp3) is 0.118. The molecule has 1 aromatic heterocycles. The SMILES string of the molecule is O=C(CSc1nc2ccccc2s1)NC(=O)NCc1ccccc1. The lowest BCUT2D eigenvalue weighted by atomic mass is 10.2. The number of benzene rings is 2. The number of hydrogen-bond acceptors (Lipinski definition) is 5. The van der Waals surface area contributed by atoms with Crippen LogP contribution >= 0.6 is 23.1 Å². The quantitative estimate of drug-likeness (QED) is 0.687. The normalized spacial score (nSPS) is 10.5. The molecule has 0 aliphatic carbocycles. The van der Waals surface area contributed by atoms with E-state index < -0.39 is 6.03 Å². The molecule has 0 aliphatic rings. The van der Waals surface area contributed by atoms with Crippen LogP contribution in [0.2, 0.25) is 0 Å². The van der Waals surface area contributed by atoms with E-state index in [9.17, 15) is 9.59 Å². The van der Waals surface area contributed by atoms with E-state index in [0.717, 1.165) is 20.1 Å². The summed E-state index contributed by atoms with van der Waals surface area (Å²) in [5.74, 6) is -0.191. The Morgan fingerprint density at radius 3 is 2.58 bits per heavy atom. The average Bonchev–Trinajstić information content (AvgIpc) is 3.02. The Hall–Kier alpha value is -2.38. The van der Waals surface area contributed by atoms with E-state index in [-0.39, 0.29) is 11.7 Å². The molecule has 1 heterocycles. The first kappa shape index (κ1) is 16.5. The van der Waals surface area contributed by atoms with Crippen molar-refractivity contribution in [2.45, 2.75) is 10.9 Å². The molecule has 2 aromatic carbocycles. The van der Waals surface area contributed by atoms with Crippen molar-refractivity contribution in [3.8, 4) is 0 Å². The molecule has 0 bridgehead atoms. The first-order valence-corrected chi connectivity index (χ1v) is 9.11. The molecule has 122 valence electrons. The molecule has 5 nitrogen and oxygen atoms in total. The van der Waals surface area contributed by atoms with Crippen LogP contribution in [0.3, 0.4) is 0 Å². The molecule has 3 aromatic rings. The number of urea groups is 1. The number of amides is 3. The molecule has 0 saturated heterocycles. The molecule has 0 spiro atoms. The number of carbonyl (C=O) groups excluding carboxylic acids is 2. The third-order valence-corrected chi connectivity index (χ3v) is 5.33. The molecular formula is C17H15N3O2S2. The minimum absolute atomic E-state index is 0.151. The maximum Gasteiger partial charge on any atom is 0.321 e. The van der Waals surface area contributed by atoms with Crippen LogP contribution in [0, 0.1) is 0 Å². The van der Waals surface area contributed by atoms with Crippen LogP contribution in [0.5, 0.6) is 0 Å². The van der Waals surface area contributed by atoms with E-state index >= 15 is 0 Å². The topological polar surface area (TPSA) is 71.1 Å². The van der Waals surface area contributed by atoms with Gasteiger partial charge in [0.05, 0.1) is 16.0 Å². The third kappa shape index (κ3) is 4.56. The lowest BCUT2D eigenvalue weighted by Crippen LogP contribution is -2.39. The summed E-state index contributed by atoms with van der Waals surface area (Å²) in [6, 6.07) is 16.8. The second-order valence-electron chi connectivity index (χ2n) is 4.95. The fourth-order valence-corrected chi connectivity index (χ4v) is 3.89. The van der Waals surface area contributed by atoms with Crippen LogP contribution in [-0.2, 0) is 11.3 Å². The van der Waals surface area contributed by atoms with Gasteiger partial charge in [0.15, 0.2) is 4.34 Å². The summed E-state index contributed by atoms with van der Waals surface area (Å²) >= 11 is 2.86. The van der Waals surface area contributed by atoms with E-state index in [1.165, 1.54) is 23.1 Å². The highest BCUT2D eigenvalue weighted by atomic mass is 32.2. The van der Waals surface area contributed by atoms with Gasteiger partial charge in [0.2, 0.25) is 5.91 Å². The molecule has 24 heavy (non-hydrogen) atoms. The van der Waals surface area contributed by atoms with Gasteiger partial charge < -0.3 is 5.32 Å². The Balaban J connectivity index is 1.44. The second-order valence-corrected chi connectivity index (χ2v) is 7.21. The van der Waals surface area contributed by atoms with Gasteiger partial charge in [0, 0.05) is 6.54 Å². The van der Waals surface area contributed by atoms with Gasteiger partial charge in [-0.2, -0.15) is 0 Å². The minimum Gasteiger partial charge on any atom is -0.334 e. The van der Waals surface area contributed by atoms with Crippen molar-refractivity contribution in [1.29, 1.82) is 0 Å². The predicted octanol–water partition coefficient (Wildman–Crippen LogP) is 3.41. The highest BCUT2D eigenvalue weighted by molar-refractivity contribution is 8.01.